The number of nitro benzene ring substituents is 1. The number of rotatable bonds is 6. The summed E-state index contributed by atoms with van der Waals surface area (Å²) >= 11 is 1.73. The maximum Gasteiger partial charge on any atom is 0.270 e. The number of sulfonamides is 1. The predicted octanol–water partition coefficient (Wildman–Crippen LogP) is 2.51. The van der Waals surface area contributed by atoms with Crippen LogP contribution in [0.2, 0.25) is 0 Å². The van der Waals surface area contributed by atoms with Crippen LogP contribution in [0.15, 0.2) is 40.6 Å². The lowest BCUT2D eigenvalue weighted by atomic mass is 10.2. The molecule has 2 aromatic rings. The van der Waals surface area contributed by atoms with E-state index in [9.17, 15) is 18.5 Å². The summed E-state index contributed by atoms with van der Waals surface area (Å²) in [4.78, 5) is 14.0. The minimum atomic E-state index is -3.73. The van der Waals surface area contributed by atoms with E-state index in [-0.39, 0.29) is 10.6 Å². The van der Waals surface area contributed by atoms with Gasteiger partial charge in [-0.3, -0.25) is 10.1 Å². The van der Waals surface area contributed by atoms with Crippen LogP contribution < -0.4 is 0 Å². The van der Waals surface area contributed by atoms with Crippen molar-refractivity contribution in [1.82, 2.24) is 9.21 Å². The summed E-state index contributed by atoms with van der Waals surface area (Å²) in [5, 5.41) is 13.0. The van der Waals surface area contributed by atoms with E-state index < -0.39 is 14.9 Å². The molecule has 0 atom stereocenters. The molecule has 1 aromatic carbocycles. The van der Waals surface area contributed by atoms with Gasteiger partial charge in [0.15, 0.2) is 0 Å². The van der Waals surface area contributed by atoms with E-state index in [0.29, 0.717) is 31.7 Å². The van der Waals surface area contributed by atoms with Crippen molar-refractivity contribution in [2.75, 3.05) is 32.7 Å². The van der Waals surface area contributed by atoms with Gasteiger partial charge in [0.2, 0.25) is 10.0 Å². The number of aryl methyl sites for hydroxylation is 1. The molecule has 0 bridgehead atoms. The summed E-state index contributed by atoms with van der Waals surface area (Å²) in [6, 6.07) is 8.12. The lowest BCUT2D eigenvalue weighted by Gasteiger charge is -2.34. The number of thiophene rings is 1. The molecule has 0 radical (unpaired) electrons. The van der Waals surface area contributed by atoms with E-state index in [1.807, 2.05) is 6.07 Å². The van der Waals surface area contributed by atoms with Crippen molar-refractivity contribution in [3.05, 3.63) is 56.3 Å². The van der Waals surface area contributed by atoms with Crippen LogP contribution in [0.3, 0.4) is 0 Å². The maximum absolute atomic E-state index is 12.9. The zero-order chi connectivity index (χ0) is 18.7. The molecule has 7 nitrogen and oxygen atoms in total. The lowest BCUT2D eigenvalue weighted by molar-refractivity contribution is -0.385. The number of hydrogen-bond acceptors (Lipinski definition) is 6. The Morgan fingerprint density at radius 3 is 2.54 bits per heavy atom. The molecule has 1 saturated heterocycles. The summed E-state index contributed by atoms with van der Waals surface area (Å²) in [5.41, 5.74) is 0.319. The van der Waals surface area contributed by atoms with Crippen LogP contribution in [0, 0.1) is 17.0 Å². The highest BCUT2D eigenvalue weighted by Crippen LogP contribution is 2.25. The van der Waals surface area contributed by atoms with E-state index in [0.717, 1.165) is 19.0 Å². The fourth-order valence-electron chi connectivity index (χ4n) is 3.04. The van der Waals surface area contributed by atoms with Gasteiger partial charge in [0.25, 0.3) is 5.69 Å². The van der Waals surface area contributed by atoms with Gasteiger partial charge in [-0.1, -0.05) is 12.1 Å². The first-order chi connectivity index (χ1) is 12.4. The number of benzene rings is 1. The molecule has 0 N–H and O–H groups in total. The summed E-state index contributed by atoms with van der Waals surface area (Å²) in [6.45, 7) is 4.69. The summed E-state index contributed by atoms with van der Waals surface area (Å²) < 4.78 is 27.3. The van der Waals surface area contributed by atoms with Crippen molar-refractivity contribution in [2.45, 2.75) is 18.2 Å². The van der Waals surface area contributed by atoms with Crippen molar-refractivity contribution in [2.24, 2.45) is 0 Å². The van der Waals surface area contributed by atoms with Gasteiger partial charge >= 0.3 is 0 Å². The highest BCUT2D eigenvalue weighted by molar-refractivity contribution is 7.89. The Morgan fingerprint density at radius 2 is 1.92 bits per heavy atom. The number of hydrogen-bond donors (Lipinski definition) is 0. The molecule has 1 aliphatic heterocycles. The Morgan fingerprint density at radius 1 is 1.19 bits per heavy atom. The third-order valence-corrected chi connectivity index (χ3v) is 7.56. The van der Waals surface area contributed by atoms with Crippen molar-refractivity contribution in [1.29, 1.82) is 0 Å². The minimum absolute atomic E-state index is 0.0266. The average molecular weight is 396 g/mol. The molecule has 1 aromatic heterocycles. The molecule has 0 aliphatic carbocycles. The van der Waals surface area contributed by atoms with E-state index >= 15 is 0 Å². The van der Waals surface area contributed by atoms with Crippen LogP contribution in [0.1, 0.15) is 10.4 Å². The number of nitrogens with zero attached hydrogens (tertiary/aromatic N) is 3. The summed E-state index contributed by atoms with van der Waals surface area (Å²) in [5.74, 6) is 0. The fraction of sp³-hybridized carbons (Fsp3) is 0.412. The van der Waals surface area contributed by atoms with Gasteiger partial charge in [0.05, 0.1) is 9.82 Å². The van der Waals surface area contributed by atoms with Crippen molar-refractivity contribution >= 4 is 27.0 Å². The second-order valence-electron chi connectivity index (χ2n) is 6.28. The quantitative estimate of drug-likeness (QED) is 0.554. The number of non-ortho nitro benzene ring substituents is 1. The van der Waals surface area contributed by atoms with Crippen molar-refractivity contribution in [3.63, 3.8) is 0 Å². The third kappa shape index (κ3) is 4.12. The Hall–Kier alpha value is -1.81. The Labute approximate surface area is 157 Å². The molecule has 0 unspecified atom stereocenters. The molecular weight excluding hydrogens is 374 g/mol. The van der Waals surface area contributed by atoms with Gasteiger partial charge in [-0.2, -0.15) is 4.31 Å². The second kappa shape index (κ2) is 7.83. The maximum atomic E-state index is 12.9. The Balaban J connectivity index is 1.66. The van der Waals surface area contributed by atoms with Crippen LogP contribution in [0.4, 0.5) is 5.69 Å². The zero-order valence-electron chi connectivity index (χ0n) is 14.5. The molecule has 2 heterocycles. The molecule has 0 spiro atoms. The normalized spacial score (nSPS) is 16.7. The molecule has 26 heavy (non-hydrogen) atoms. The highest BCUT2D eigenvalue weighted by Gasteiger charge is 2.30. The van der Waals surface area contributed by atoms with Crippen molar-refractivity contribution < 1.29 is 13.3 Å². The molecule has 1 aliphatic rings. The van der Waals surface area contributed by atoms with E-state index in [4.69, 9.17) is 0 Å². The minimum Gasteiger partial charge on any atom is -0.300 e. The second-order valence-corrected chi connectivity index (χ2v) is 9.22. The Bertz CT molecular complexity index is 873. The van der Waals surface area contributed by atoms with E-state index in [1.165, 1.54) is 21.3 Å². The molecule has 1 fully saturated rings. The van der Waals surface area contributed by atoms with Gasteiger partial charge in [0.1, 0.15) is 0 Å². The van der Waals surface area contributed by atoms with Crippen LogP contribution in [0.25, 0.3) is 0 Å². The molecule has 3 rings (SSSR count). The molecular formula is C17H21N3O4S2. The lowest BCUT2D eigenvalue weighted by Crippen LogP contribution is -2.49. The molecule has 0 saturated carbocycles. The highest BCUT2D eigenvalue weighted by atomic mass is 32.2. The van der Waals surface area contributed by atoms with Crippen molar-refractivity contribution in [3.8, 4) is 0 Å². The molecule has 140 valence electrons. The Kier molecular flexibility index (Phi) is 5.71. The smallest absolute Gasteiger partial charge is 0.270 e. The standard InChI is InChI=1S/C17H21N3O4S2/c1-14-4-5-15(20(21)22)13-17(14)26(23,24)19-10-8-18(9-11-19)7-6-16-3-2-12-25-16/h2-5,12-13H,6-11H2,1H3. The first-order valence-corrected chi connectivity index (χ1v) is 10.7. The fourth-order valence-corrected chi connectivity index (χ4v) is 5.40. The largest absolute Gasteiger partial charge is 0.300 e. The monoisotopic (exact) mass is 395 g/mol. The number of nitro groups is 1. The van der Waals surface area contributed by atoms with E-state index in [2.05, 4.69) is 16.3 Å². The molecule has 0 amide bonds. The third-order valence-electron chi connectivity index (χ3n) is 4.59. The van der Waals surface area contributed by atoms with Gasteiger partial charge in [0, 0.05) is 49.7 Å². The van der Waals surface area contributed by atoms with Gasteiger partial charge in [-0.05, 0) is 30.4 Å². The first-order valence-electron chi connectivity index (χ1n) is 8.38. The zero-order valence-corrected chi connectivity index (χ0v) is 16.1. The van der Waals surface area contributed by atoms with Crippen LogP contribution >= 0.6 is 11.3 Å². The van der Waals surface area contributed by atoms with E-state index in [1.54, 1.807) is 18.3 Å². The number of piperazine rings is 1. The van der Waals surface area contributed by atoms with Crippen LogP contribution in [0.5, 0.6) is 0 Å². The van der Waals surface area contributed by atoms with Gasteiger partial charge in [-0.15, -0.1) is 11.3 Å². The topological polar surface area (TPSA) is 83.8 Å². The predicted molar refractivity (Wildman–Crippen MR) is 101 cm³/mol. The van der Waals surface area contributed by atoms with Crippen LogP contribution in [-0.4, -0.2) is 55.3 Å². The molecule has 9 heteroatoms. The average Bonchev–Trinajstić information content (AvgIpc) is 3.14. The van der Waals surface area contributed by atoms with Gasteiger partial charge < -0.3 is 4.90 Å². The SMILES string of the molecule is Cc1ccc([N+](=O)[O-])cc1S(=O)(=O)N1CCN(CCc2cccs2)CC1. The summed E-state index contributed by atoms with van der Waals surface area (Å²) in [6.07, 6.45) is 0.967. The summed E-state index contributed by atoms with van der Waals surface area (Å²) in [7, 11) is -3.73. The first kappa shape index (κ1) is 19.0. The van der Waals surface area contributed by atoms with Gasteiger partial charge in [-0.25, -0.2) is 8.42 Å². The van der Waals surface area contributed by atoms with Crippen LogP contribution in [-0.2, 0) is 16.4 Å².